The number of carbonyl (C=O) groups is 2. The van der Waals surface area contributed by atoms with Crippen LogP contribution in [0.5, 0.6) is 0 Å². The minimum atomic E-state index is -1.11. The van der Waals surface area contributed by atoms with Gasteiger partial charge in [-0.05, 0) is 13.3 Å². The van der Waals surface area contributed by atoms with E-state index >= 15 is 0 Å². The summed E-state index contributed by atoms with van der Waals surface area (Å²) in [7, 11) is 0. The molecule has 104 valence electrons. The van der Waals surface area contributed by atoms with Gasteiger partial charge in [-0.2, -0.15) is 0 Å². The van der Waals surface area contributed by atoms with Crippen molar-refractivity contribution in [2.24, 2.45) is 0 Å². The van der Waals surface area contributed by atoms with Crippen molar-refractivity contribution in [1.29, 1.82) is 0 Å². The molecule has 1 fully saturated rings. The maximum absolute atomic E-state index is 11.6. The summed E-state index contributed by atoms with van der Waals surface area (Å²) in [6.45, 7) is 6.72. The number of hydrogen-bond acceptors (Lipinski definition) is 4. The van der Waals surface area contributed by atoms with Gasteiger partial charge in [-0.15, -0.1) is 0 Å². The van der Waals surface area contributed by atoms with Gasteiger partial charge in [-0.1, -0.05) is 6.92 Å². The molecule has 1 aliphatic rings. The van der Waals surface area contributed by atoms with Crippen LogP contribution in [0.15, 0.2) is 0 Å². The van der Waals surface area contributed by atoms with E-state index in [4.69, 9.17) is 5.11 Å². The van der Waals surface area contributed by atoms with Crippen molar-refractivity contribution in [3.8, 4) is 0 Å². The fraction of sp³-hybridized carbons (Fsp3) is 0.818. The van der Waals surface area contributed by atoms with Gasteiger partial charge >= 0.3 is 12.0 Å². The smallest absolute Gasteiger partial charge is 0.341 e. The lowest BCUT2D eigenvalue weighted by Crippen LogP contribution is -2.53. The Labute approximate surface area is 107 Å². The highest BCUT2D eigenvalue weighted by Crippen LogP contribution is 2.08. The highest BCUT2D eigenvalue weighted by molar-refractivity contribution is 5.73. The number of hydroxylamine groups is 1. The fourth-order valence-corrected chi connectivity index (χ4v) is 1.85. The van der Waals surface area contributed by atoms with E-state index < -0.39 is 12.6 Å². The number of amides is 2. The monoisotopic (exact) mass is 259 g/mol. The molecule has 2 N–H and O–H groups in total. The van der Waals surface area contributed by atoms with Crippen molar-refractivity contribution in [1.82, 2.24) is 15.3 Å². The summed E-state index contributed by atoms with van der Waals surface area (Å²) in [6, 6.07) is 0.151. The van der Waals surface area contributed by atoms with Gasteiger partial charge in [0.15, 0.2) is 6.61 Å². The lowest BCUT2D eigenvalue weighted by molar-refractivity contribution is -0.144. The van der Waals surface area contributed by atoms with Crippen LogP contribution in [-0.4, -0.2) is 65.7 Å². The van der Waals surface area contributed by atoms with E-state index in [0.717, 1.165) is 19.5 Å². The van der Waals surface area contributed by atoms with Gasteiger partial charge in [-0.25, -0.2) is 15.1 Å². The van der Waals surface area contributed by atoms with E-state index in [9.17, 15) is 9.59 Å². The van der Waals surface area contributed by atoms with Crippen LogP contribution in [-0.2, 0) is 9.63 Å². The molecule has 0 aromatic rings. The lowest BCUT2D eigenvalue weighted by Gasteiger charge is -2.37. The summed E-state index contributed by atoms with van der Waals surface area (Å²) in [4.78, 5) is 30.3. The number of piperazine rings is 1. The molecular formula is C11H21N3O4. The average Bonchev–Trinajstić information content (AvgIpc) is 2.37. The first-order chi connectivity index (χ1) is 8.54. The van der Waals surface area contributed by atoms with Crippen molar-refractivity contribution in [2.45, 2.75) is 26.3 Å². The molecule has 2 amide bonds. The van der Waals surface area contributed by atoms with Gasteiger partial charge in [0.1, 0.15) is 0 Å². The number of carboxylic acid groups (broad SMARTS) is 1. The predicted octanol–water partition coefficient (Wildman–Crippen LogP) is 0.128. The van der Waals surface area contributed by atoms with E-state index in [0.29, 0.717) is 19.1 Å². The van der Waals surface area contributed by atoms with E-state index in [1.807, 2.05) is 0 Å². The largest absolute Gasteiger partial charge is 0.479 e. The molecule has 1 rings (SSSR count). The quantitative estimate of drug-likeness (QED) is 0.686. The maximum atomic E-state index is 11.6. The first kappa shape index (κ1) is 14.7. The van der Waals surface area contributed by atoms with Crippen molar-refractivity contribution >= 4 is 12.0 Å². The summed E-state index contributed by atoms with van der Waals surface area (Å²) in [5, 5.41) is 8.36. The minimum Gasteiger partial charge on any atom is -0.479 e. The molecule has 0 aromatic heterocycles. The van der Waals surface area contributed by atoms with Crippen LogP contribution < -0.4 is 5.48 Å². The second-order valence-corrected chi connectivity index (χ2v) is 4.37. The first-order valence-electron chi connectivity index (χ1n) is 6.17. The average molecular weight is 259 g/mol. The van der Waals surface area contributed by atoms with Crippen LogP contribution >= 0.6 is 0 Å². The van der Waals surface area contributed by atoms with Crippen LogP contribution in [0.25, 0.3) is 0 Å². The zero-order valence-corrected chi connectivity index (χ0v) is 10.9. The van der Waals surface area contributed by atoms with E-state index in [2.05, 4.69) is 29.1 Å². The number of carboxylic acids is 1. The minimum absolute atomic E-state index is 0.375. The number of rotatable bonds is 5. The third kappa shape index (κ3) is 4.50. The SMILES string of the molecule is CCC(C)N1CCN(C(=O)NOCC(=O)O)CC1. The van der Waals surface area contributed by atoms with Crippen LogP contribution in [0.4, 0.5) is 4.79 Å². The second kappa shape index (κ2) is 7.17. The Bertz CT molecular complexity index is 290. The predicted molar refractivity (Wildman–Crippen MR) is 65.0 cm³/mol. The molecule has 0 spiro atoms. The highest BCUT2D eigenvalue weighted by atomic mass is 16.7. The van der Waals surface area contributed by atoms with Crippen molar-refractivity contribution in [2.75, 3.05) is 32.8 Å². The topological polar surface area (TPSA) is 82.1 Å². The van der Waals surface area contributed by atoms with Crippen LogP contribution in [0.1, 0.15) is 20.3 Å². The lowest BCUT2D eigenvalue weighted by atomic mass is 10.2. The second-order valence-electron chi connectivity index (χ2n) is 4.37. The Balaban J connectivity index is 2.25. The van der Waals surface area contributed by atoms with E-state index in [1.54, 1.807) is 4.90 Å². The fourth-order valence-electron chi connectivity index (χ4n) is 1.85. The molecule has 7 nitrogen and oxygen atoms in total. The molecule has 1 saturated heterocycles. The molecule has 1 heterocycles. The molecule has 1 aliphatic heterocycles. The third-order valence-electron chi connectivity index (χ3n) is 3.17. The molecule has 18 heavy (non-hydrogen) atoms. The van der Waals surface area contributed by atoms with Crippen LogP contribution in [0.3, 0.4) is 0 Å². The van der Waals surface area contributed by atoms with E-state index in [-0.39, 0.29) is 6.03 Å². The van der Waals surface area contributed by atoms with Gasteiger partial charge in [0.05, 0.1) is 0 Å². The summed E-state index contributed by atoms with van der Waals surface area (Å²) >= 11 is 0. The molecular weight excluding hydrogens is 238 g/mol. The summed E-state index contributed by atoms with van der Waals surface area (Å²) in [5.41, 5.74) is 2.13. The van der Waals surface area contributed by atoms with Gasteiger partial charge in [0.25, 0.3) is 0 Å². The Hall–Kier alpha value is -1.34. The van der Waals surface area contributed by atoms with Crippen LogP contribution in [0, 0.1) is 0 Å². The van der Waals surface area contributed by atoms with Gasteiger partial charge in [-0.3, -0.25) is 9.74 Å². The summed E-state index contributed by atoms with van der Waals surface area (Å²) in [6.07, 6.45) is 1.09. The standard InChI is InChI=1S/C11H21N3O4/c1-3-9(2)13-4-6-14(7-5-13)11(17)12-18-8-10(15)16/h9H,3-8H2,1-2H3,(H,12,17)(H,15,16). The Morgan fingerprint density at radius 2 is 1.94 bits per heavy atom. The molecule has 0 aliphatic carbocycles. The van der Waals surface area contributed by atoms with Crippen molar-refractivity contribution in [3.05, 3.63) is 0 Å². The first-order valence-corrected chi connectivity index (χ1v) is 6.17. The molecule has 1 atom stereocenters. The Morgan fingerprint density at radius 1 is 1.33 bits per heavy atom. The van der Waals surface area contributed by atoms with Gasteiger partial charge in [0, 0.05) is 32.2 Å². The zero-order chi connectivity index (χ0) is 13.5. The molecule has 0 saturated carbocycles. The molecule has 7 heteroatoms. The number of urea groups is 1. The van der Waals surface area contributed by atoms with Crippen molar-refractivity contribution < 1.29 is 19.5 Å². The van der Waals surface area contributed by atoms with Crippen molar-refractivity contribution in [3.63, 3.8) is 0 Å². The molecule has 0 radical (unpaired) electrons. The van der Waals surface area contributed by atoms with E-state index in [1.165, 1.54) is 0 Å². The zero-order valence-electron chi connectivity index (χ0n) is 10.9. The molecule has 0 aromatic carbocycles. The summed E-state index contributed by atoms with van der Waals surface area (Å²) < 4.78 is 0. The normalized spacial score (nSPS) is 18.4. The number of nitrogens with zero attached hydrogens (tertiary/aromatic N) is 2. The molecule has 1 unspecified atom stereocenters. The van der Waals surface area contributed by atoms with Gasteiger partial charge in [0.2, 0.25) is 0 Å². The highest BCUT2D eigenvalue weighted by Gasteiger charge is 2.23. The number of aliphatic carboxylic acids is 1. The Morgan fingerprint density at radius 3 is 2.44 bits per heavy atom. The third-order valence-corrected chi connectivity index (χ3v) is 3.17. The van der Waals surface area contributed by atoms with Gasteiger partial charge < -0.3 is 10.0 Å². The van der Waals surface area contributed by atoms with Crippen LogP contribution in [0.2, 0.25) is 0 Å². The number of hydrogen-bond donors (Lipinski definition) is 2. The molecule has 0 bridgehead atoms. The number of carbonyl (C=O) groups excluding carboxylic acids is 1. The Kier molecular flexibility index (Phi) is 5.87. The summed E-state index contributed by atoms with van der Waals surface area (Å²) in [5.74, 6) is -1.11. The number of nitrogens with one attached hydrogen (secondary N) is 1. The maximum Gasteiger partial charge on any atom is 0.341 e.